The summed E-state index contributed by atoms with van der Waals surface area (Å²) in [6.07, 6.45) is -7.99. The normalized spacial score (nSPS) is 12.2. The summed E-state index contributed by atoms with van der Waals surface area (Å²) in [5.74, 6) is -102. The van der Waals surface area contributed by atoms with Gasteiger partial charge in [-0.05, 0) is 0 Å². The molecule has 70 heavy (non-hydrogen) atoms. The fourth-order valence-corrected chi connectivity index (χ4v) is 8.40. The molecule has 8 aromatic rings. The first kappa shape index (κ1) is 51.7. The fraction of sp³-hybridized carbons (Fsp3) is 0. The Kier molecular flexibility index (Phi) is 12.4. The van der Waals surface area contributed by atoms with Crippen molar-refractivity contribution >= 4 is 71.1 Å². The molecule has 0 nitrogen and oxygen atoms in total. The van der Waals surface area contributed by atoms with E-state index >= 15 is 87.8 Å². The molecule has 0 aliphatic carbocycles. The number of benzene rings is 8. The molecule has 8 aromatic carbocycles. The van der Waals surface area contributed by atoms with Gasteiger partial charge in [-0.15, -0.1) is 21.9 Å². The van der Waals surface area contributed by atoms with Gasteiger partial charge in [0.1, 0.15) is 52.7 Å². The van der Waals surface area contributed by atoms with Crippen molar-refractivity contribution in [3.05, 3.63) is 163 Å². The third kappa shape index (κ3) is 6.11. The number of hydrogen-bond acceptors (Lipinski definition) is 0. The standard InChI is InChI=1S/C40BF28.Na/c42-13-1-5(25(54)37(66)33(62)21(1)50)17(46)29(58)9(13)41(10-14(43)2-6(18(47)30(10)59)26(55)38(67)34(63)22(2)51,11-15(44)3-7(19(48)31(11)60)27(56)39(68)35(64)23(3)52)12-16(45)4-8(20(49)32(12)61)28(57)40(69)36(65)24(4)53;/q-1;+1. The van der Waals surface area contributed by atoms with Gasteiger partial charge < -0.3 is 0 Å². The molecule has 0 aromatic heterocycles. The molecule has 0 unspecified atom stereocenters. The molecule has 0 spiro atoms. The summed E-state index contributed by atoms with van der Waals surface area (Å²) in [7, 11) is 0. The van der Waals surface area contributed by atoms with Crippen LogP contribution in [0.5, 0.6) is 0 Å². The summed E-state index contributed by atoms with van der Waals surface area (Å²) >= 11 is 0. The van der Waals surface area contributed by atoms with E-state index in [-0.39, 0.29) is 29.6 Å². The quantitative estimate of drug-likeness (QED) is 0.0718. The van der Waals surface area contributed by atoms with Crippen molar-refractivity contribution in [3.8, 4) is 0 Å². The molecule has 0 N–H and O–H groups in total. The van der Waals surface area contributed by atoms with Crippen molar-refractivity contribution in [2.75, 3.05) is 0 Å². The van der Waals surface area contributed by atoms with E-state index in [0.29, 0.717) is 0 Å². The molecular formula is C40BF28Na. The van der Waals surface area contributed by atoms with Crippen LogP contribution in [-0.4, -0.2) is 6.15 Å². The Morgan fingerprint density at radius 1 is 0.129 bits per heavy atom. The molecule has 0 aliphatic rings. The van der Waals surface area contributed by atoms with Crippen molar-refractivity contribution in [1.82, 2.24) is 0 Å². The molecule has 0 radical (unpaired) electrons. The second kappa shape index (κ2) is 16.8. The topological polar surface area (TPSA) is 0 Å². The van der Waals surface area contributed by atoms with Gasteiger partial charge in [0.25, 0.3) is 0 Å². The zero-order chi connectivity index (χ0) is 51.6. The van der Waals surface area contributed by atoms with Crippen LogP contribution >= 0.6 is 0 Å². The monoisotopic (exact) mass is 1050 g/mol. The molecule has 360 valence electrons. The Morgan fingerprint density at radius 3 is 0.357 bits per heavy atom. The summed E-state index contributed by atoms with van der Waals surface area (Å²) < 4.78 is 442. The summed E-state index contributed by atoms with van der Waals surface area (Å²) in [6.45, 7) is 0. The van der Waals surface area contributed by atoms with Crippen LogP contribution in [-0.2, 0) is 0 Å². The molecule has 0 saturated heterocycles. The van der Waals surface area contributed by atoms with Crippen molar-refractivity contribution in [2.45, 2.75) is 0 Å². The van der Waals surface area contributed by atoms with Crippen LogP contribution in [0.3, 0.4) is 0 Å². The zero-order valence-electron chi connectivity index (χ0n) is 32.2. The largest absolute Gasteiger partial charge is 1.00 e. The molecule has 0 heterocycles. The molecule has 0 bridgehead atoms. The molecule has 30 heteroatoms. The van der Waals surface area contributed by atoms with E-state index in [1.165, 1.54) is 0 Å². The minimum Gasteiger partial charge on any atom is -0.210 e. The summed E-state index contributed by atoms with van der Waals surface area (Å²) in [4.78, 5) is 0. The van der Waals surface area contributed by atoms with E-state index in [9.17, 15) is 35.1 Å². The number of hydrogen-bond donors (Lipinski definition) is 0. The van der Waals surface area contributed by atoms with Gasteiger partial charge in [0.05, 0.1) is 43.1 Å². The number of halogens is 28. The van der Waals surface area contributed by atoms with Gasteiger partial charge in [0.15, 0.2) is 116 Å². The van der Waals surface area contributed by atoms with Gasteiger partial charge in [-0.2, -0.15) is 0 Å². The van der Waals surface area contributed by atoms with E-state index in [0.717, 1.165) is 0 Å². The predicted molar refractivity (Wildman–Crippen MR) is 179 cm³/mol. The van der Waals surface area contributed by atoms with Crippen molar-refractivity contribution < 1.29 is 152 Å². The fourth-order valence-electron chi connectivity index (χ4n) is 8.40. The molecule has 0 amide bonds. The number of fused-ring (bicyclic) bond motifs is 4. The maximum atomic E-state index is 17.4. The minimum atomic E-state index is -7.99. The Bertz CT molecular complexity index is 3290. The molecular weight excluding hydrogens is 1050 g/mol. The minimum absolute atomic E-state index is 0. The Balaban J connectivity index is 0.00000722. The average Bonchev–Trinajstić information content (AvgIpc) is 3.30. The van der Waals surface area contributed by atoms with Gasteiger partial charge in [0, 0.05) is 0 Å². The van der Waals surface area contributed by atoms with Crippen LogP contribution in [0, 0.1) is 163 Å². The van der Waals surface area contributed by atoms with Crippen LogP contribution < -0.4 is 51.4 Å². The van der Waals surface area contributed by atoms with Gasteiger partial charge in [-0.3, -0.25) is 0 Å². The van der Waals surface area contributed by atoms with E-state index in [4.69, 9.17) is 0 Å². The average molecular weight is 1050 g/mol. The molecule has 0 atom stereocenters. The molecule has 0 saturated carbocycles. The van der Waals surface area contributed by atoms with E-state index in [1.54, 1.807) is 0 Å². The predicted octanol–water partition coefficient (Wildman–Crippen LogP) is 8.58. The first-order chi connectivity index (χ1) is 32.0. The third-order valence-electron chi connectivity index (χ3n) is 11.2. The molecule has 8 rings (SSSR count). The van der Waals surface area contributed by atoms with Crippen molar-refractivity contribution in [2.24, 2.45) is 0 Å². The SMILES string of the molecule is Fc1c(F)c(F)c2c(F)c([B-](c3c(F)c(F)c4c(F)c(F)c(F)c(F)c4c3F)(c3c(F)c(F)c4c(F)c(F)c(F)c(F)c4c3F)c3c(F)c(F)c4c(F)c(F)c(F)c(F)c4c3F)c(F)c(F)c2c1F.[Na+]. The molecule has 0 fully saturated rings. The van der Waals surface area contributed by atoms with Crippen molar-refractivity contribution in [1.29, 1.82) is 0 Å². The van der Waals surface area contributed by atoms with E-state index < -0.39 is 234 Å². The smallest absolute Gasteiger partial charge is 0.210 e. The second-order valence-corrected chi connectivity index (χ2v) is 14.3. The molecule has 0 aliphatic heterocycles. The van der Waals surface area contributed by atoms with Gasteiger partial charge in [-0.1, -0.05) is 0 Å². The van der Waals surface area contributed by atoms with Gasteiger partial charge >= 0.3 is 29.6 Å². The van der Waals surface area contributed by atoms with Crippen LogP contribution in [0.4, 0.5) is 123 Å². The second-order valence-electron chi connectivity index (χ2n) is 14.3. The first-order valence-corrected chi connectivity index (χ1v) is 17.4. The number of rotatable bonds is 4. The van der Waals surface area contributed by atoms with Gasteiger partial charge in [-0.25, -0.2) is 123 Å². The van der Waals surface area contributed by atoms with Crippen LogP contribution in [0.1, 0.15) is 0 Å². The van der Waals surface area contributed by atoms with Gasteiger partial charge in [0.2, 0.25) is 0 Å². The summed E-state index contributed by atoms with van der Waals surface area (Å²) in [5, 5.41) is -25.0. The third-order valence-corrected chi connectivity index (χ3v) is 11.2. The maximum Gasteiger partial charge on any atom is 1.00 e. The Labute approximate surface area is 385 Å². The zero-order valence-corrected chi connectivity index (χ0v) is 34.2. The Morgan fingerprint density at radius 2 is 0.229 bits per heavy atom. The maximum absolute atomic E-state index is 17.4. The van der Waals surface area contributed by atoms with Crippen LogP contribution in [0.2, 0.25) is 0 Å². The van der Waals surface area contributed by atoms with E-state index in [2.05, 4.69) is 0 Å². The van der Waals surface area contributed by atoms with E-state index in [1.807, 2.05) is 0 Å². The first-order valence-electron chi connectivity index (χ1n) is 17.4. The summed E-state index contributed by atoms with van der Waals surface area (Å²) in [6, 6.07) is 0. The Hall–Kier alpha value is -6.10. The van der Waals surface area contributed by atoms with Crippen LogP contribution in [0.15, 0.2) is 0 Å². The van der Waals surface area contributed by atoms with Crippen LogP contribution in [0.25, 0.3) is 43.1 Å². The van der Waals surface area contributed by atoms with Crippen molar-refractivity contribution in [3.63, 3.8) is 0 Å². The summed E-state index contributed by atoms with van der Waals surface area (Å²) in [5.41, 5.74) is -15.9.